The highest BCUT2D eigenvalue weighted by Gasteiger charge is 2.50. The molecule has 0 saturated heterocycles. The van der Waals surface area contributed by atoms with Crippen LogP contribution in [0, 0.1) is 19.8 Å². The third-order valence-corrected chi connectivity index (χ3v) is 3.09. The predicted molar refractivity (Wildman–Crippen MR) is 59.1 cm³/mol. The molecule has 1 aliphatic carbocycles. The standard InChI is InChI=1S/C13H16F2O/c1-8-6-9(2)12(11(7-8)16-3)13(14,15)10-4-5-10/h6-7,10H,4-5H2,1-3H3. The molecular weight excluding hydrogens is 210 g/mol. The van der Waals surface area contributed by atoms with Gasteiger partial charge in [0.05, 0.1) is 12.7 Å². The first kappa shape index (κ1) is 11.4. The maximum Gasteiger partial charge on any atom is 0.279 e. The number of methoxy groups -OCH3 is 1. The fourth-order valence-corrected chi connectivity index (χ4v) is 2.17. The van der Waals surface area contributed by atoms with Crippen LogP contribution in [0.1, 0.15) is 29.5 Å². The summed E-state index contributed by atoms with van der Waals surface area (Å²) < 4.78 is 33.3. The van der Waals surface area contributed by atoms with Gasteiger partial charge in [-0.2, -0.15) is 0 Å². The van der Waals surface area contributed by atoms with E-state index in [1.54, 1.807) is 19.1 Å². The van der Waals surface area contributed by atoms with Gasteiger partial charge in [-0.25, -0.2) is 8.78 Å². The Morgan fingerprint density at radius 2 is 1.88 bits per heavy atom. The summed E-state index contributed by atoms with van der Waals surface area (Å²) in [5, 5.41) is 0. The molecule has 0 amide bonds. The van der Waals surface area contributed by atoms with E-state index in [2.05, 4.69) is 0 Å². The molecule has 1 aromatic carbocycles. The second-order valence-electron chi connectivity index (χ2n) is 4.56. The van der Waals surface area contributed by atoms with Crippen LogP contribution in [-0.2, 0) is 5.92 Å². The number of rotatable bonds is 3. The molecule has 2 rings (SSSR count). The molecule has 1 aromatic rings. The van der Waals surface area contributed by atoms with E-state index < -0.39 is 11.8 Å². The summed E-state index contributed by atoms with van der Waals surface area (Å²) >= 11 is 0. The highest BCUT2D eigenvalue weighted by molar-refractivity contribution is 5.46. The van der Waals surface area contributed by atoms with Gasteiger partial charge in [-0.1, -0.05) is 6.07 Å². The van der Waals surface area contributed by atoms with Gasteiger partial charge in [-0.05, 0) is 43.9 Å². The first-order chi connectivity index (χ1) is 7.46. The monoisotopic (exact) mass is 226 g/mol. The summed E-state index contributed by atoms with van der Waals surface area (Å²) in [4.78, 5) is 0. The number of aryl methyl sites for hydroxylation is 2. The van der Waals surface area contributed by atoms with Gasteiger partial charge in [0, 0.05) is 5.92 Å². The zero-order chi connectivity index (χ0) is 11.9. The Labute approximate surface area is 94.4 Å². The molecule has 16 heavy (non-hydrogen) atoms. The van der Waals surface area contributed by atoms with E-state index in [9.17, 15) is 8.78 Å². The second kappa shape index (κ2) is 3.72. The SMILES string of the molecule is COc1cc(C)cc(C)c1C(F)(F)C1CC1. The average molecular weight is 226 g/mol. The Kier molecular flexibility index (Phi) is 2.64. The fraction of sp³-hybridized carbons (Fsp3) is 0.538. The molecule has 0 atom stereocenters. The zero-order valence-electron chi connectivity index (χ0n) is 9.81. The van der Waals surface area contributed by atoms with Gasteiger partial charge in [0.1, 0.15) is 5.75 Å². The van der Waals surface area contributed by atoms with Crippen LogP contribution in [0.4, 0.5) is 8.78 Å². The Morgan fingerprint density at radius 3 is 2.38 bits per heavy atom. The summed E-state index contributed by atoms with van der Waals surface area (Å²) in [5.41, 5.74) is 1.64. The van der Waals surface area contributed by atoms with Crippen molar-refractivity contribution in [1.29, 1.82) is 0 Å². The molecule has 88 valence electrons. The first-order valence-electron chi connectivity index (χ1n) is 5.50. The first-order valence-corrected chi connectivity index (χ1v) is 5.50. The molecule has 0 spiro atoms. The third-order valence-electron chi connectivity index (χ3n) is 3.09. The van der Waals surface area contributed by atoms with Crippen molar-refractivity contribution in [3.8, 4) is 5.75 Å². The normalized spacial score (nSPS) is 16.3. The lowest BCUT2D eigenvalue weighted by molar-refractivity contribution is -0.0310. The third kappa shape index (κ3) is 1.79. The maximum atomic E-state index is 14.1. The number of alkyl halides is 2. The molecule has 1 aliphatic rings. The van der Waals surface area contributed by atoms with Crippen LogP contribution in [0.15, 0.2) is 12.1 Å². The Morgan fingerprint density at radius 1 is 1.25 bits per heavy atom. The molecule has 0 aliphatic heterocycles. The topological polar surface area (TPSA) is 9.23 Å². The van der Waals surface area contributed by atoms with E-state index in [0.29, 0.717) is 24.2 Å². The summed E-state index contributed by atoms with van der Waals surface area (Å²) in [6, 6.07) is 3.47. The second-order valence-corrected chi connectivity index (χ2v) is 4.56. The Bertz CT molecular complexity index is 409. The lowest BCUT2D eigenvalue weighted by Crippen LogP contribution is -2.19. The van der Waals surface area contributed by atoms with Gasteiger partial charge in [-0.3, -0.25) is 0 Å². The molecule has 0 unspecified atom stereocenters. The van der Waals surface area contributed by atoms with E-state index in [4.69, 9.17) is 4.74 Å². The van der Waals surface area contributed by atoms with Crippen molar-refractivity contribution < 1.29 is 13.5 Å². The van der Waals surface area contributed by atoms with Crippen molar-refractivity contribution in [3.63, 3.8) is 0 Å². The molecule has 3 heteroatoms. The number of hydrogen-bond acceptors (Lipinski definition) is 1. The van der Waals surface area contributed by atoms with E-state index in [1.165, 1.54) is 7.11 Å². The number of benzene rings is 1. The molecule has 0 N–H and O–H groups in total. The maximum absolute atomic E-state index is 14.1. The number of halogens is 2. The van der Waals surface area contributed by atoms with Crippen LogP contribution in [-0.4, -0.2) is 7.11 Å². The van der Waals surface area contributed by atoms with Crippen LogP contribution in [0.5, 0.6) is 5.75 Å². The highest BCUT2D eigenvalue weighted by atomic mass is 19.3. The molecule has 0 heterocycles. The van der Waals surface area contributed by atoms with Crippen molar-refractivity contribution in [2.75, 3.05) is 7.11 Å². The molecule has 1 nitrogen and oxygen atoms in total. The average Bonchev–Trinajstić information content (AvgIpc) is 2.98. The lowest BCUT2D eigenvalue weighted by atomic mass is 9.96. The van der Waals surface area contributed by atoms with Crippen molar-refractivity contribution in [1.82, 2.24) is 0 Å². The molecule has 0 aromatic heterocycles. The van der Waals surface area contributed by atoms with Gasteiger partial charge < -0.3 is 4.74 Å². The lowest BCUT2D eigenvalue weighted by Gasteiger charge is -2.21. The van der Waals surface area contributed by atoms with Crippen molar-refractivity contribution in [2.45, 2.75) is 32.6 Å². The quantitative estimate of drug-likeness (QED) is 0.761. The van der Waals surface area contributed by atoms with Crippen LogP contribution in [0.25, 0.3) is 0 Å². The van der Waals surface area contributed by atoms with Crippen LogP contribution in [0.3, 0.4) is 0 Å². The van der Waals surface area contributed by atoms with Crippen molar-refractivity contribution in [2.24, 2.45) is 5.92 Å². The van der Waals surface area contributed by atoms with Crippen LogP contribution in [0.2, 0.25) is 0 Å². The summed E-state index contributed by atoms with van der Waals surface area (Å²) in [6.45, 7) is 3.61. The van der Waals surface area contributed by atoms with E-state index in [1.807, 2.05) is 6.92 Å². The largest absolute Gasteiger partial charge is 0.496 e. The Balaban J connectivity index is 2.53. The minimum atomic E-state index is -2.75. The van der Waals surface area contributed by atoms with E-state index >= 15 is 0 Å². The Hall–Kier alpha value is -1.12. The van der Waals surface area contributed by atoms with Gasteiger partial charge in [-0.15, -0.1) is 0 Å². The van der Waals surface area contributed by atoms with Gasteiger partial charge in [0.15, 0.2) is 0 Å². The summed E-state index contributed by atoms with van der Waals surface area (Å²) in [6.07, 6.45) is 1.23. The zero-order valence-corrected chi connectivity index (χ0v) is 9.81. The minimum Gasteiger partial charge on any atom is -0.496 e. The fourth-order valence-electron chi connectivity index (χ4n) is 2.17. The van der Waals surface area contributed by atoms with Gasteiger partial charge in [0.2, 0.25) is 0 Å². The molecule has 1 saturated carbocycles. The molecule has 0 radical (unpaired) electrons. The van der Waals surface area contributed by atoms with E-state index in [0.717, 1.165) is 5.56 Å². The van der Waals surface area contributed by atoms with E-state index in [-0.39, 0.29) is 5.56 Å². The van der Waals surface area contributed by atoms with Crippen LogP contribution < -0.4 is 4.74 Å². The molecular formula is C13H16F2O. The molecule has 1 fully saturated rings. The highest BCUT2D eigenvalue weighted by Crippen LogP contribution is 2.52. The van der Waals surface area contributed by atoms with Crippen LogP contribution >= 0.6 is 0 Å². The summed E-state index contributed by atoms with van der Waals surface area (Å²) in [7, 11) is 1.45. The van der Waals surface area contributed by atoms with Crippen molar-refractivity contribution >= 4 is 0 Å². The van der Waals surface area contributed by atoms with Gasteiger partial charge in [0.25, 0.3) is 5.92 Å². The predicted octanol–water partition coefficient (Wildman–Crippen LogP) is 3.81. The molecule has 0 bridgehead atoms. The van der Waals surface area contributed by atoms with Crippen molar-refractivity contribution in [3.05, 3.63) is 28.8 Å². The van der Waals surface area contributed by atoms with Gasteiger partial charge >= 0.3 is 0 Å². The number of hydrogen-bond donors (Lipinski definition) is 0. The number of ether oxygens (including phenoxy) is 1. The minimum absolute atomic E-state index is 0.0723. The smallest absolute Gasteiger partial charge is 0.279 e. The summed E-state index contributed by atoms with van der Waals surface area (Å²) in [5.74, 6) is -2.93.